The fraction of sp³-hybridized carbons (Fsp3) is 0.529. The molecule has 2 N–H and O–H groups in total. The van der Waals surface area contributed by atoms with Crippen LogP contribution in [0.4, 0.5) is 14.9 Å². The van der Waals surface area contributed by atoms with Crippen molar-refractivity contribution in [3.8, 4) is 0 Å². The zero-order valence-electron chi connectivity index (χ0n) is 14.4. The van der Waals surface area contributed by atoms with Crippen molar-refractivity contribution >= 4 is 17.6 Å². The van der Waals surface area contributed by atoms with E-state index in [0.29, 0.717) is 26.2 Å². The van der Waals surface area contributed by atoms with Crippen LogP contribution in [0.3, 0.4) is 0 Å². The molecule has 0 spiro atoms. The molecule has 1 saturated heterocycles. The molecule has 1 heterocycles. The van der Waals surface area contributed by atoms with Crippen LogP contribution in [0.2, 0.25) is 0 Å². The molecule has 0 radical (unpaired) electrons. The highest BCUT2D eigenvalue weighted by Gasteiger charge is 2.24. The van der Waals surface area contributed by atoms with Crippen molar-refractivity contribution in [1.82, 2.24) is 15.5 Å². The summed E-state index contributed by atoms with van der Waals surface area (Å²) in [4.78, 5) is 27.9. The second-order valence-electron chi connectivity index (χ2n) is 6.28. The molecule has 6 nitrogen and oxygen atoms in total. The third kappa shape index (κ3) is 4.84. The number of hydrogen-bond acceptors (Lipinski definition) is 3. The maximum Gasteiger partial charge on any atom is 0.318 e. The molecule has 0 aromatic heterocycles. The molecule has 0 aliphatic carbocycles. The summed E-state index contributed by atoms with van der Waals surface area (Å²) < 4.78 is 13.0. The zero-order valence-corrected chi connectivity index (χ0v) is 14.4. The van der Waals surface area contributed by atoms with Crippen molar-refractivity contribution in [3.63, 3.8) is 0 Å². The second-order valence-corrected chi connectivity index (χ2v) is 6.28. The van der Waals surface area contributed by atoms with E-state index < -0.39 is 6.04 Å². The largest absolute Gasteiger partial charge is 0.368 e. The van der Waals surface area contributed by atoms with E-state index >= 15 is 0 Å². The lowest BCUT2D eigenvalue weighted by Crippen LogP contribution is -2.55. The number of hydrogen-bond donors (Lipinski definition) is 2. The van der Waals surface area contributed by atoms with Gasteiger partial charge >= 0.3 is 6.03 Å². The minimum atomic E-state index is -0.574. The van der Waals surface area contributed by atoms with Gasteiger partial charge in [-0.05, 0) is 45.0 Å². The van der Waals surface area contributed by atoms with Crippen LogP contribution in [-0.2, 0) is 4.79 Å². The zero-order chi connectivity index (χ0) is 17.7. The Balaban J connectivity index is 1.82. The van der Waals surface area contributed by atoms with Crippen molar-refractivity contribution in [3.05, 3.63) is 30.1 Å². The standard InChI is InChI=1S/C17H25FN4O2/c1-12(2)19-16(23)13(3)20-17(24)22-10-8-21(9-11-22)15-6-4-14(18)5-7-15/h4-7,12-13H,8-11H2,1-3H3,(H,19,23)(H,20,24). The SMILES string of the molecule is CC(C)NC(=O)C(C)NC(=O)N1CCN(c2ccc(F)cc2)CC1. The van der Waals surface area contributed by atoms with E-state index in [1.165, 1.54) is 12.1 Å². The molecule has 2 rings (SSSR count). The van der Waals surface area contributed by atoms with Crippen LogP contribution in [0.25, 0.3) is 0 Å². The van der Waals surface area contributed by atoms with E-state index in [0.717, 1.165) is 5.69 Å². The number of nitrogens with one attached hydrogen (secondary N) is 2. The third-order valence-electron chi connectivity index (χ3n) is 3.92. The Morgan fingerprint density at radius 2 is 1.58 bits per heavy atom. The van der Waals surface area contributed by atoms with Gasteiger partial charge in [0.15, 0.2) is 0 Å². The number of halogens is 1. The number of anilines is 1. The Hall–Kier alpha value is -2.31. The van der Waals surface area contributed by atoms with Gasteiger partial charge in [0.2, 0.25) is 5.91 Å². The number of rotatable bonds is 4. The first-order chi connectivity index (χ1) is 11.4. The van der Waals surface area contributed by atoms with Crippen LogP contribution >= 0.6 is 0 Å². The van der Waals surface area contributed by atoms with Crippen molar-refractivity contribution in [2.75, 3.05) is 31.1 Å². The number of nitrogens with zero attached hydrogens (tertiary/aromatic N) is 2. The van der Waals surface area contributed by atoms with Crippen molar-refractivity contribution < 1.29 is 14.0 Å². The molecule has 7 heteroatoms. The fourth-order valence-corrected chi connectivity index (χ4v) is 2.57. The quantitative estimate of drug-likeness (QED) is 0.877. The van der Waals surface area contributed by atoms with Gasteiger partial charge in [-0.1, -0.05) is 0 Å². The first kappa shape index (κ1) is 18.0. The normalized spacial score (nSPS) is 16.0. The topological polar surface area (TPSA) is 64.7 Å². The van der Waals surface area contributed by atoms with Gasteiger partial charge < -0.3 is 20.4 Å². The van der Waals surface area contributed by atoms with Crippen LogP contribution in [-0.4, -0.2) is 55.1 Å². The summed E-state index contributed by atoms with van der Waals surface area (Å²) in [5.41, 5.74) is 0.945. The highest BCUT2D eigenvalue weighted by Crippen LogP contribution is 2.16. The molecule has 1 aliphatic heterocycles. The lowest BCUT2D eigenvalue weighted by atomic mass is 10.2. The molecular weight excluding hydrogens is 311 g/mol. The van der Waals surface area contributed by atoms with Gasteiger partial charge in [-0.2, -0.15) is 0 Å². The van der Waals surface area contributed by atoms with Gasteiger partial charge in [0.1, 0.15) is 11.9 Å². The van der Waals surface area contributed by atoms with Gasteiger partial charge in [-0.25, -0.2) is 9.18 Å². The summed E-state index contributed by atoms with van der Waals surface area (Å²) in [5, 5.41) is 5.50. The number of carbonyl (C=O) groups excluding carboxylic acids is 2. The molecule has 0 saturated carbocycles. The fourth-order valence-electron chi connectivity index (χ4n) is 2.57. The van der Waals surface area contributed by atoms with Crippen LogP contribution in [0, 0.1) is 5.82 Å². The molecule has 1 aliphatic rings. The van der Waals surface area contributed by atoms with E-state index in [1.807, 2.05) is 13.8 Å². The van der Waals surface area contributed by atoms with E-state index in [9.17, 15) is 14.0 Å². The molecule has 132 valence electrons. The van der Waals surface area contributed by atoms with Crippen LogP contribution in [0.1, 0.15) is 20.8 Å². The molecule has 3 amide bonds. The van der Waals surface area contributed by atoms with E-state index in [4.69, 9.17) is 0 Å². The van der Waals surface area contributed by atoms with Crippen LogP contribution < -0.4 is 15.5 Å². The molecule has 1 aromatic rings. The van der Waals surface area contributed by atoms with Crippen molar-refractivity contribution in [2.45, 2.75) is 32.9 Å². The first-order valence-electron chi connectivity index (χ1n) is 8.23. The van der Waals surface area contributed by atoms with Crippen LogP contribution in [0.15, 0.2) is 24.3 Å². The number of piperazine rings is 1. The second kappa shape index (κ2) is 7.99. The first-order valence-corrected chi connectivity index (χ1v) is 8.23. The Morgan fingerprint density at radius 1 is 1.00 bits per heavy atom. The van der Waals surface area contributed by atoms with E-state index in [-0.39, 0.29) is 23.8 Å². The number of benzene rings is 1. The summed E-state index contributed by atoms with van der Waals surface area (Å²) in [7, 11) is 0. The maximum atomic E-state index is 13.0. The Kier molecular flexibility index (Phi) is 6.00. The molecule has 1 unspecified atom stereocenters. The molecule has 1 atom stereocenters. The third-order valence-corrected chi connectivity index (χ3v) is 3.92. The summed E-state index contributed by atoms with van der Waals surface area (Å²) in [6.45, 7) is 7.88. The summed E-state index contributed by atoms with van der Waals surface area (Å²) >= 11 is 0. The summed E-state index contributed by atoms with van der Waals surface area (Å²) in [6, 6.07) is 5.57. The highest BCUT2D eigenvalue weighted by atomic mass is 19.1. The van der Waals surface area contributed by atoms with Gasteiger partial charge in [-0.3, -0.25) is 4.79 Å². The Morgan fingerprint density at radius 3 is 2.12 bits per heavy atom. The lowest BCUT2D eigenvalue weighted by molar-refractivity contribution is -0.123. The average molecular weight is 336 g/mol. The highest BCUT2D eigenvalue weighted by molar-refractivity contribution is 5.86. The number of amides is 3. The van der Waals surface area contributed by atoms with Gasteiger partial charge in [0.25, 0.3) is 0 Å². The minimum absolute atomic E-state index is 0.0381. The Bertz CT molecular complexity index is 568. The summed E-state index contributed by atoms with van der Waals surface area (Å²) in [5.74, 6) is -0.450. The van der Waals surface area contributed by atoms with Gasteiger partial charge in [0.05, 0.1) is 0 Å². The Labute approximate surface area is 142 Å². The number of urea groups is 1. The van der Waals surface area contributed by atoms with Gasteiger partial charge in [-0.15, -0.1) is 0 Å². The monoisotopic (exact) mass is 336 g/mol. The molecule has 24 heavy (non-hydrogen) atoms. The van der Waals surface area contributed by atoms with E-state index in [2.05, 4.69) is 15.5 Å². The maximum absolute atomic E-state index is 13.0. The van der Waals surface area contributed by atoms with Crippen molar-refractivity contribution in [2.24, 2.45) is 0 Å². The minimum Gasteiger partial charge on any atom is -0.368 e. The lowest BCUT2D eigenvalue weighted by Gasteiger charge is -2.36. The number of carbonyl (C=O) groups is 2. The molecular formula is C17H25FN4O2. The smallest absolute Gasteiger partial charge is 0.318 e. The predicted octanol–water partition coefficient (Wildman–Crippen LogP) is 1.57. The van der Waals surface area contributed by atoms with Gasteiger partial charge in [0, 0.05) is 37.9 Å². The van der Waals surface area contributed by atoms with Crippen LogP contribution in [0.5, 0.6) is 0 Å². The van der Waals surface area contributed by atoms with Crippen molar-refractivity contribution in [1.29, 1.82) is 0 Å². The average Bonchev–Trinajstić information content (AvgIpc) is 2.55. The summed E-state index contributed by atoms with van der Waals surface area (Å²) in [6.07, 6.45) is 0. The molecule has 0 bridgehead atoms. The van der Waals surface area contributed by atoms with E-state index in [1.54, 1.807) is 24.0 Å². The predicted molar refractivity (Wildman–Crippen MR) is 91.5 cm³/mol. The molecule has 1 fully saturated rings. The molecule has 1 aromatic carbocycles.